The molecule has 0 saturated heterocycles. The van der Waals surface area contributed by atoms with Crippen molar-refractivity contribution in [1.82, 2.24) is 9.66 Å². The van der Waals surface area contributed by atoms with E-state index in [0.717, 1.165) is 22.6 Å². The van der Waals surface area contributed by atoms with E-state index >= 15 is 0 Å². The number of nitrogens with two attached hydrogens (primary N) is 1. The van der Waals surface area contributed by atoms with Crippen molar-refractivity contribution in [3.8, 4) is 11.3 Å². The van der Waals surface area contributed by atoms with E-state index in [1.165, 1.54) is 0 Å². The molecule has 3 aromatic rings. The molecular weight excluding hydrogens is 344 g/mol. The number of H-pyrrole nitrogens is 1. The highest BCUT2D eigenvalue weighted by Crippen LogP contribution is 2.25. The number of carbonyl (C=O) groups excluding carboxylic acids is 1. The Hall–Kier alpha value is -2.57. The molecule has 0 aliphatic carbocycles. The molecule has 1 heterocycles. The van der Waals surface area contributed by atoms with Gasteiger partial charge in [0.2, 0.25) is 5.91 Å². The molecule has 0 unspecified atom stereocenters. The summed E-state index contributed by atoms with van der Waals surface area (Å²) in [6, 6.07) is 14.4. The summed E-state index contributed by atoms with van der Waals surface area (Å²) in [5.74, 6) is -0.474. The first kappa shape index (κ1) is 16.3. The monoisotopic (exact) mass is 358 g/mol. The number of hydrogen-bond acceptors (Lipinski definition) is 3. The van der Waals surface area contributed by atoms with Crippen molar-refractivity contribution >= 4 is 35.4 Å². The first-order valence-corrected chi connectivity index (χ1v) is 7.99. The maximum absolute atomic E-state index is 11.4. The lowest BCUT2D eigenvalue weighted by molar-refractivity contribution is 0.100. The third-order valence-electron chi connectivity index (χ3n) is 3.56. The van der Waals surface area contributed by atoms with E-state index in [9.17, 15) is 4.79 Å². The van der Waals surface area contributed by atoms with Gasteiger partial charge in [-0.05, 0) is 49.5 Å². The number of primary amides is 1. The number of rotatable bonds is 4. The molecule has 0 spiro atoms. The van der Waals surface area contributed by atoms with Gasteiger partial charge in [-0.3, -0.25) is 10.2 Å². The fourth-order valence-corrected chi connectivity index (χ4v) is 2.98. The summed E-state index contributed by atoms with van der Waals surface area (Å²) in [6.45, 7) is 1.91. The number of aromatic amines is 1. The predicted octanol–water partition coefficient (Wildman–Crippen LogP) is 4.15. The van der Waals surface area contributed by atoms with Gasteiger partial charge in [0.05, 0.1) is 11.4 Å². The molecule has 3 rings (SSSR count). The van der Waals surface area contributed by atoms with Crippen LogP contribution in [0.1, 0.15) is 16.1 Å². The van der Waals surface area contributed by atoms with Gasteiger partial charge in [-0.25, -0.2) is 4.68 Å². The molecule has 1 amide bonds. The van der Waals surface area contributed by atoms with E-state index in [1.807, 2.05) is 25.1 Å². The molecule has 24 heavy (non-hydrogen) atoms. The van der Waals surface area contributed by atoms with Gasteiger partial charge in [0.1, 0.15) is 0 Å². The second-order valence-electron chi connectivity index (χ2n) is 5.31. The molecule has 122 valence electrons. The van der Waals surface area contributed by atoms with E-state index in [4.69, 9.17) is 29.6 Å². The van der Waals surface area contributed by atoms with Crippen molar-refractivity contribution in [3.05, 3.63) is 69.6 Å². The molecule has 1 aromatic heterocycles. The maximum Gasteiger partial charge on any atom is 0.248 e. The highest BCUT2D eigenvalue weighted by molar-refractivity contribution is 7.71. The van der Waals surface area contributed by atoms with Crippen LogP contribution in [0.3, 0.4) is 0 Å². The van der Waals surface area contributed by atoms with Crippen molar-refractivity contribution in [2.75, 3.05) is 5.43 Å². The Bertz CT molecular complexity index is 977. The first-order valence-electron chi connectivity index (χ1n) is 7.20. The fourth-order valence-electron chi connectivity index (χ4n) is 2.50. The van der Waals surface area contributed by atoms with Gasteiger partial charge in [0.15, 0.2) is 4.77 Å². The minimum absolute atomic E-state index is 0.438. The van der Waals surface area contributed by atoms with Gasteiger partial charge in [-0.15, -0.1) is 0 Å². The highest BCUT2D eigenvalue weighted by Gasteiger charge is 2.13. The lowest BCUT2D eigenvalue weighted by Crippen LogP contribution is -2.13. The number of carbonyl (C=O) groups is 1. The second-order valence-corrected chi connectivity index (χ2v) is 6.13. The number of aryl methyl sites for hydroxylation is 1. The molecule has 2 aromatic carbocycles. The van der Waals surface area contributed by atoms with Crippen molar-refractivity contribution in [2.45, 2.75) is 6.92 Å². The van der Waals surface area contributed by atoms with Gasteiger partial charge in [-0.1, -0.05) is 29.8 Å². The average Bonchev–Trinajstić information content (AvgIpc) is 2.81. The number of nitrogens with one attached hydrogen (secondary N) is 2. The van der Waals surface area contributed by atoms with E-state index in [-0.39, 0.29) is 0 Å². The number of halogens is 1. The number of benzene rings is 2. The van der Waals surface area contributed by atoms with Crippen LogP contribution in [0.2, 0.25) is 5.02 Å². The molecule has 0 radical (unpaired) electrons. The Balaban J connectivity index is 2.11. The smallest absolute Gasteiger partial charge is 0.248 e. The SMILES string of the molecule is Cc1[nH]c(=S)n(Nc2cccc(Cl)c2)c1-c1cccc(C(N)=O)c1. The summed E-state index contributed by atoms with van der Waals surface area (Å²) in [6.07, 6.45) is 0. The second kappa shape index (κ2) is 6.51. The van der Waals surface area contributed by atoms with Crippen molar-refractivity contribution < 1.29 is 4.79 Å². The number of hydrogen-bond donors (Lipinski definition) is 3. The zero-order chi connectivity index (χ0) is 17.3. The number of imidazole rings is 1. The molecule has 0 aliphatic rings. The zero-order valence-electron chi connectivity index (χ0n) is 12.8. The predicted molar refractivity (Wildman–Crippen MR) is 98.8 cm³/mol. The average molecular weight is 359 g/mol. The van der Waals surface area contributed by atoms with Crippen molar-refractivity contribution in [1.29, 1.82) is 0 Å². The number of amides is 1. The molecule has 0 atom stereocenters. The van der Waals surface area contributed by atoms with E-state index in [0.29, 0.717) is 15.4 Å². The maximum atomic E-state index is 11.4. The third kappa shape index (κ3) is 3.20. The van der Waals surface area contributed by atoms with Crippen molar-refractivity contribution in [2.24, 2.45) is 5.73 Å². The van der Waals surface area contributed by atoms with Gasteiger partial charge in [-0.2, -0.15) is 0 Å². The molecular formula is C17H15ClN4OS. The molecule has 5 nitrogen and oxygen atoms in total. The van der Waals surface area contributed by atoms with E-state index < -0.39 is 5.91 Å². The molecule has 0 aliphatic heterocycles. The quantitative estimate of drug-likeness (QED) is 0.613. The summed E-state index contributed by atoms with van der Waals surface area (Å²) in [5.41, 5.74) is 12.4. The number of nitrogens with zero attached hydrogens (tertiary/aromatic N) is 1. The molecule has 0 bridgehead atoms. The van der Waals surface area contributed by atoms with Crippen LogP contribution in [0, 0.1) is 11.7 Å². The van der Waals surface area contributed by atoms with Crippen LogP contribution in [-0.4, -0.2) is 15.6 Å². The molecule has 0 fully saturated rings. The fraction of sp³-hybridized carbons (Fsp3) is 0.0588. The lowest BCUT2D eigenvalue weighted by atomic mass is 10.1. The van der Waals surface area contributed by atoms with Crippen LogP contribution >= 0.6 is 23.8 Å². The normalized spacial score (nSPS) is 10.6. The van der Waals surface area contributed by atoms with E-state index in [2.05, 4.69) is 10.4 Å². The Labute approximate surface area is 149 Å². The summed E-state index contributed by atoms with van der Waals surface area (Å²) >= 11 is 11.4. The third-order valence-corrected chi connectivity index (χ3v) is 4.08. The number of anilines is 1. The summed E-state index contributed by atoms with van der Waals surface area (Å²) in [5, 5.41) is 0.621. The van der Waals surface area contributed by atoms with Crippen LogP contribution in [0.5, 0.6) is 0 Å². The summed E-state index contributed by atoms with van der Waals surface area (Å²) in [4.78, 5) is 14.6. The highest BCUT2D eigenvalue weighted by atomic mass is 35.5. The van der Waals surface area contributed by atoms with Gasteiger partial charge < -0.3 is 10.7 Å². The minimum atomic E-state index is -0.474. The van der Waals surface area contributed by atoms with Crippen molar-refractivity contribution in [3.63, 3.8) is 0 Å². The molecule has 4 N–H and O–H groups in total. The first-order chi connectivity index (χ1) is 11.5. The van der Waals surface area contributed by atoms with E-state index in [1.54, 1.807) is 35.0 Å². The van der Waals surface area contributed by atoms with Crippen LogP contribution < -0.4 is 11.2 Å². The molecule has 7 heteroatoms. The van der Waals surface area contributed by atoms with Gasteiger partial charge in [0.25, 0.3) is 0 Å². The largest absolute Gasteiger partial charge is 0.366 e. The standard InChI is InChI=1S/C17H15ClN4OS/c1-10-15(11-4-2-5-12(8-11)16(19)23)22(17(24)20-10)21-14-7-3-6-13(18)9-14/h2-9,21H,1H3,(H2,19,23)(H,20,24). The topological polar surface area (TPSA) is 75.8 Å². The van der Waals surface area contributed by atoms with Crippen LogP contribution in [0.15, 0.2) is 48.5 Å². The van der Waals surface area contributed by atoms with Gasteiger partial charge >= 0.3 is 0 Å². The number of aromatic nitrogens is 2. The van der Waals surface area contributed by atoms with Gasteiger partial charge in [0, 0.05) is 21.8 Å². The summed E-state index contributed by atoms with van der Waals surface area (Å²) in [7, 11) is 0. The minimum Gasteiger partial charge on any atom is -0.366 e. The van der Waals surface area contributed by atoms with Crippen LogP contribution in [0.25, 0.3) is 11.3 Å². The summed E-state index contributed by atoms with van der Waals surface area (Å²) < 4.78 is 2.25. The molecule has 0 saturated carbocycles. The zero-order valence-corrected chi connectivity index (χ0v) is 14.4. The lowest BCUT2D eigenvalue weighted by Gasteiger charge is -2.13. The Morgan fingerprint density at radius 1 is 1.25 bits per heavy atom. The van der Waals surface area contributed by atoms with Crippen LogP contribution in [0.4, 0.5) is 5.69 Å². The Kier molecular flexibility index (Phi) is 4.42. The Morgan fingerprint density at radius 3 is 2.71 bits per heavy atom. The Morgan fingerprint density at radius 2 is 2.00 bits per heavy atom. The van der Waals surface area contributed by atoms with Crippen LogP contribution in [-0.2, 0) is 0 Å².